The number of hydrogen-bond donors (Lipinski definition) is 1. The molecule has 2 heterocycles. The highest BCUT2D eigenvalue weighted by Crippen LogP contribution is 2.23. The highest BCUT2D eigenvalue weighted by Gasteiger charge is 2.26. The van der Waals surface area contributed by atoms with E-state index in [1.54, 1.807) is 23.1 Å². The Morgan fingerprint density at radius 1 is 1.17 bits per heavy atom. The molecule has 0 saturated heterocycles. The maximum Gasteiger partial charge on any atom is 0.246 e. The monoisotopic (exact) mass is 369 g/mol. The molecule has 0 amide bonds. The van der Waals surface area contributed by atoms with Crippen molar-refractivity contribution in [1.29, 1.82) is 0 Å². The van der Waals surface area contributed by atoms with Crippen LogP contribution < -0.4 is 4.72 Å². The molecule has 0 spiro atoms. The lowest BCUT2D eigenvalue weighted by atomic mass is 10.2. The molecular formula is C15H13F2N3O2S2. The Labute approximate surface area is 141 Å². The highest BCUT2D eigenvalue weighted by molar-refractivity contribution is 7.89. The van der Waals surface area contributed by atoms with E-state index in [-0.39, 0.29) is 6.54 Å². The number of rotatable bonds is 6. The number of halogens is 2. The van der Waals surface area contributed by atoms with Gasteiger partial charge < -0.3 is 0 Å². The number of aromatic nitrogens is 2. The summed E-state index contributed by atoms with van der Waals surface area (Å²) in [6.45, 7) is -0.0850. The molecule has 2 aromatic heterocycles. The second kappa shape index (κ2) is 6.80. The first-order chi connectivity index (χ1) is 11.5. The van der Waals surface area contributed by atoms with Crippen molar-refractivity contribution in [3.63, 3.8) is 0 Å². The van der Waals surface area contributed by atoms with Gasteiger partial charge in [-0.15, -0.1) is 11.3 Å². The first-order valence-corrected chi connectivity index (χ1v) is 9.31. The van der Waals surface area contributed by atoms with Crippen LogP contribution in [0, 0.1) is 11.6 Å². The lowest BCUT2D eigenvalue weighted by Gasteiger charge is -2.17. The summed E-state index contributed by atoms with van der Waals surface area (Å²) >= 11 is 1.44. The fourth-order valence-corrected chi connectivity index (χ4v) is 4.26. The van der Waals surface area contributed by atoms with Gasteiger partial charge in [-0.05, 0) is 29.6 Å². The zero-order chi connectivity index (χ0) is 17.2. The minimum absolute atomic E-state index is 0.0850. The van der Waals surface area contributed by atoms with Crippen LogP contribution in [0.25, 0.3) is 0 Å². The topological polar surface area (TPSA) is 64.0 Å². The van der Waals surface area contributed by atoms with E-state index in [9.17, 15) is 17.2 Å². The standard InChI is InChI=1S/C15H13F2N3O2S2/c16-11-4-1-5-12(17)15(11)24(21,22)19-10-13(14-6-2-9-23-14)20-8-3-7-18-20/h1-9,13,19H,10H2. The average molecular weight is 369 g/mol. The molecule has 0 aliphatic heterocycles. The van der Waals surface area contributed by atoms with E-state index in [4.69, 9.17) is 0 Å². The van der Waals surface area contributed by atoms with Crippen LogP contribution in [0.5, 0.6) is 0 Å². The Balaban J connectivity index is 1.87. The van der Waals surface area contributed by atoms with Gasteiger partial charge in [-0.1, -0.05) is 12.1 Å². The Hall–Kier alpha value is -2.10. The maximum atomic E-state index is 13.7. The van der Waals surface area contributed by atoms with E-state index in [1.165, 1.54) is 11.3 Å². The van der Waals surface area contributed by atoms with E-state index >= 15 is 0 Å². The number of nitrogens with one attached hydrogen (secondary N) is 1. The quantitative estimate of drug-likeness (QED) is 0.727. The van der Waals surface area contributed by atoms with Crippen molar-refractivity contribution in [3.8, 4) is 0 Å². The summed E-state index contributed by atoms with van der Waals surface area (Å²) in [5.41, 5.74) is 0. The first kappa shape index (κ1) is 16.7. The summed E-state index contributed by atoms with van der Waals surface area (Å²) in [6.07, 6.45) is 3.27. The number of benzene rings is 1. The molecule has 126 valence electrons. The fourth-order valence-electron chi connectivity index (χ4n) is 2.27. The minimum Gasteiger partial charge on any atom is -0.263 e. The van der Waals surface area contributed by atoms with Gasteiger partial charge in [0.1, 0.15) is 11.6 Å². The third-order valence-corrected chi connectivity index (χ3v) is 5.82. The van der Waals surface area contributed by atoms with Crippen molar-refractivity contribution in [1.82, 2.24) is 14.5 Å². The molecule has 9 heteroatoms. The lowest BCUT2D eigenvalue weighted by Crippen LogP contribution is -2.32. The predicted octanol–water partition coefficient (Wildman–Crippen LogP) is 2.79. The van der Waals surface area contributed by atoms with Gasteiger partial charge in [-0.3, -0.25) is 4.68 Å². The van der Waals surface area contributed by atoms with Crippen molar-refractivity contribution in [3.05, 3.63) is 70.7 Å². The zero-order valence-electron chi connectivity index (χ0n) is 12.3. The maximum absolute atomic E-state index is 13.7. The molecule has 1 unspecified atom stereocenters. The molecule has 3 aromatic rings. The Kier molecular flexibility index (Phi) is 4.74. The summed E-state index contributed by atoms with van der Waals surface area (Å²) in [7, 11) is -4.34. The molecule has 1 aromatic carbocycles. The molecule has 3 rings (SSSR count). The van der Waals surface area contributed by atoms with E-state index in [0.29, 0.717) is 0 Å². The van der Waals surface area contributed by atoms with Gasteiger partial charge >= 0.3 is 0 Å². The van der Waals surface area contributed by atoms with Crippen LogP contribution in [0.4, 0.5) is 8.78 Å². The molecule has 24 heavy (non-hydrogen) atoms. The third-order valence-electron chi connectivity index (χ3n) is 3.37. The Morgan fingerprint density at radius 3 is 2.50 bits per heavy atom. The molecule has 0 radical (unpaired) electrons. The number of sulfonamides is 1. The number of thiophene rings is 1. The van der Waals surface area contributed by atoms with Gasteiger partial charge in [0.25, 0.3) is 0 Å². The number of hydrogen-bond acceptors (Lipinski definition) is 4. The van der Waals surface area contributed by atoms with E-state index in [1.807, 2.05) is 17.5 Å². The van der Waals surface area contributed by atoms with Crippen LogP contribution in [0.15, 0.2) is 59.1 Å². The van der Waals surface area contributed by atoms with Crippen molar-refractivity contribution in [2.24, 2.45) is 0 Å². The van der Waals surface area contributed by atoms with Gasteiger partial charge in [0.2, 0.25) is 10.0 Å². The van der Waals surface area contributed by atoms with Gasteiger partial charge in [-0.25, -0.2) is 21.9 Å². The normalized spacial score (nSPS) is 13.1. The van der Waals surface area contributed by atoms with E-state index in [2.05, 4.69) is 9.82 Å². The SMILES string of the molecule is O=S(=O)(NCC(c1cccs1)n1cccn1)c1c(F)cccc1F. The van der Waals surface area contributed by atoms with Gasteiger partial charge in [0.05, 0.1) is 6.04 Å². The first-order valence-electron chi connectivity index (χ1n) is 6.95. The van der Waals surface area contributed by atoms with E-state index < -0.39 is 32.6 Å². The van der Waals surface area contributed by atoms with Crippen molar-refractivity contribution >= 4 is 21.4 Å². The smallest absolute Gasteiger partial charge is 0.246 e. The van der Waals surface area contributed by atoms with Crippen molar-refractivity contribution in [2.75, 3.05) is 6.54 Å². The van der Waals surface area contributed by atoms with Crippen molar-refractivity contribution in [2.45, 2.75) is 10.9 Å². The largest absolute Gasteiger partial charge is 0.263 e. The molecule has 0 saturated carbocycles. The third kappa shape index (κ3) is 3.37. The summed E-state index contributed by atoms with van der Waals surface area (Å²) in [5, 5.41) is 5.98. The molecule has 0 aliphatic carbocycles. The predicted molar refractivity (Wildman–Crippen MR) is 86.2 cm³/mol. The highest BCUT2D eigenvalue weighted by atomic mass is 32.2. The van der Waals surface area contributed by atoms with Gasteiger partial charge in [0, 0.05) is 23.8 Å². The summed E-state index contributed by atoms with van der Waals surface area (Å²) in [4.78, 5) is -0.106. The van der Waals surface area contributed by atoms with Gasteiger partial charge in [0.15, 0.2) is 4.90 Å². The second-order valence-electron chi connectivity index (χ2n) is 4.92. The molecule has 1 N–H and O–H groups in total. The summed E-state index contributed by atoms with van der Waals surface area (Å²) in [6, 6.07) is 7.90. The summed E-state index contributed by atoms with van der Waals surface area (Å²) < 4.78 is 55.9. The van der Waals surface area contributed by atoms with Crippen LogP contribution in [0.2, 0.25) is 0 Å². The van der Waals surface area contributed by atoms with Crippen molar-refractivity contribution < 1.29 is 17.2 Å². The van der Waals surface area contributed by atoms with Gasteiger partial charge in [-0.2, -0.15) is 5.10 Å². The second-order valence-corrected chi connectivity index (χ2v) is 7.60. The minimum atomic E-state index is -4.34. The van der Waals surface area contributed by atoms with Crippen LogP contribution in [-0.4, -0.2) is 24.7 Å². The Morgan fingerprint density at radius 2 is 1.92 bits per heavy atom. The van der Waals surface area contributed by atoms with Crippen LogP contribution in [0.3, 0.4) is 0 Å². The molecule has 0 fully saturated rings. The fraction of sp³-hybridized carbons (Fsp3) is 0.133. The number of nitrogens with zero attached hydrogens (tertiary/aromatic N) is 2. The molecule has 5 nitrogen and oxygen atoms in total. The molecule has 0 aliphatic rings. The molecular weight excluding hydrogens is 356 g/mol. The molecule has 0 bridgehead atoms. The van der Waals surface area contributed by atoms with Crippen LogP contribution in [-0.2, 0) is 10.0 Å². The average Bonchev–Trinajstić information content (AvgIpc) is 3.20. The van der Waals surface area contributed by atoms with Crippen LogP contribution >= 0.6 is 11.3 Å². The summed E-state index contributed by atoms with van der Waals surface area (Å²) in [5.74, 6) is -2.26. The van der Waals surface area contributed by atoms with E-state index in [0.717, 1.165) is 23.1 Å². The Bertz CT molecular complexity index is 856. The van der Waals surface area contributed by atoms with Crippen LogP contribution in [0.1, 0.15) is 10.9 Å². The molecule has 1 atom stereocenters. The lowest BCUT2D eigenvalue weighted by molar-refractivity contribution is 0.495. The zero-order valence-corrected chi connectivity index (χ0v) is 13.9.